The zero-order valence-electron chi connectivity index (χ0n) is 19.1. The zero-order chi connectivity index (χ0) is 22.4. The second-order valence-electron chi connectivity index (χ2n) is 8.96. The van der Waals surface area contributed by atoms with Crippen LogP contribution in [0.2, 0.25) is 0 Å². The van der Waals surface area contributed by atoms with Crippen molar-refractivity contribution in [2.45, 2.75) is 32.4 Å². The fraction of sp³-hybridized carbons (Fsp3) is 0.417. The smallest absolute Gasteiger partial charge is 0.152 e. The third-order valence-corrected chi connectivity index (χ3v) is 7.66. The minimum atomic E-state index is 0.506. The van der Waals surface area contributed by atoms with Gasteiger partial charge in [0.2, 0.25) is 0 Å². The first kappa shape index (κ1) is 21.2. The molecule has 0 saturated carbocycles. The summed E-state index contributed by atoms with van der Waals surface area (Å²) >= 11 is 1.74. The molecule has 0 bridgehead atoms. The number of aryl methyl sites for hydroxylation is 1. The van der Waals surface area contributed by atoms with Gasteiger partial charge in [-0.2, -0.15) is 5.10 Å². The first-order chi connectivity index (χ1) is 15.4. The fourth-order valence-corrected chi connectivity index (χ4v) is 6.07. The number of likely N-dealkylation sites (tertiary alicyclic amines) is 1. The molecule has 0 amide bonds. The van der Waals surface area contributed by atoms with E-state index in [4.69, 9.17) is 10.5 Å². The van der Waals surface area contributed by atoms with Crippen molar-refractivity contribution in [3.8, 4) is 16.2 Å². The summed E-state index contributed by atoms with van der Waals surface area (Å²) in [7, 11) is 6.08. The van der Waals surface area contributed by atoms with Crippen molar-refractivity contribution >= 4 is 32.8 Å². The van der Waals surface area contributed by atoms with Crippen LogP contribution in [0, 0.1) is 6.92 Å². The highest BCUT2D eigenvalue weighted by molar-refractivity contribution is 7.22. The molecule has 168 valence electrons. The van der Waals surface area contributed by atoms with Gasteiger partial charge >= 0.3 is 0 Å². The largest absolute Gasteiger partial charge is 0.495 e. The van der Waals surface area contributed by atoms with Crippen LogP contribution in [0.5, 0.6) is 5.75 Å². The van der Waals surface area contributed by atoms with Gasteiger partial charge in [0, 0.05) is 35.8 Å². The molecule has 4 heterocycles. The quantitative estimate of drug-likeness (QED) is 0.495. The molecule has 32 heavy (non-hydrogen) atoms. The van der Waals surface area contributed by atoms with Gasteiger partial charge in [-0.3, -0.25) is 4.90 Å². The summed E-state index contributed by atoms with van der Waals surface area (Å²) in [5.74, 6) is 1.42. The lowest BCUT2D eigenvalue weighted by atomic mass is 10.0. The summed E-state index contributed by atoms with van der Waals surface area (Å²) in [6.45, 7) is 5.14. The predicted molar refractivity (Wildman–Crippen MR) is 131 cm³/mol. The number of hydrogen-bond donors (Lipinski definition) is 1. The van der Waals surface area contributed by atoms with Crippen LogP contribution in [0.15, 0.2) is 30.7 Å². The molecule has 2 N–H and O–H groups in total. The summed E-state index contributed by atoms with van der Waals surface area (Å²) in [4.78, 5) is 10.4. The van der Waals surface area contributed by atoms with E-state index >= 15 is 0 Å². The lowest BCUT2D eigenvalue weighted by molar-refractivity contribution is 0.128. The molecule has 7 nitrogen and oxygen atoms in total. The van der Waals surface area contributed by atoms with E-state index in [0.717, 1.165) is 41.2 Å². The van der Waals surface area contributed by atoms with E-state index in [1.54, 1.807) is 18.4 Å². The van der Waals surface area contributed by atoms with Crippen molar-refractivity contribution in [3.05, 3.63) is 41.9 Å². The minimum Gasteiger partial charge on any atom is -0.495 e. The number of likely N-dealkylation sites (N-methyl/N-ethyl adjacent to an activating group) is 1. The minimum absolute atomic E-state index is 0.506. The maximum atomic E-state index is 6.36. The average Bonchev–Trinajstić information content (AvgIpc) is 3.34. The number of ether oxygens (including phenoxy) is 1. The fourth-order valence-electron chi connectivity index (χ4n) is 4.86. The van der Waals surface area contributed by atoms with Crippen molar-refractivity contribution in [2.24, 2.45) is 0 Å². The second-order valence-corrected chi connectivity index (χ2v) is 10.0. The monoisotopic (exact) mass is 450 g/mol. The van der Waals surface area contributed by atoms with Crippen molar-refractivity contribution in [1.29, 1.82) is 0 Å². The Labute approximate surface area is 192 Å². The number of methoxy groups -OCH3 is 1. The van der Waals surface area contributed by atoms with Gasteiger partial charge < -0.3 is 15.4 Å². The second kappa shape index (κ2) is 8.35. The number of nitrogens with zero attached hydrogens (tertiary/aromatic N) is 5. The Kier molecular flexibility index (Phi) is 5.53. The molecule has 0 spiro atoms. The predicted octanol–water partition coefficient (Wildman–Crippen LogP) is 4.04. The normalized spacial score (nSPS) is 17.6. The van der Waals surface area contributed by atoms with Crippen LogP contribution in [0.3, 0.4) is 0 Å². The number of aromatic nitrogens is 3. The van der Waals surface area contributed by atoms with Crippen molar-refractivity contribution < 1.29 is 4.74 Å². The van der Waals surface area contributed by atoms with E-state index in [2.05, 4.69) is 65.3 Å². The lowest BCUT2D eigenvalue weighted by Crippen LogP contribution is -2.44. The van der Waals surface area contributed by atoms with E-state index in [0.29, 0.717) is 11.9 Å². The standard InChI is InChI=1S/C24H30N6OS/c1-15-8-16-10-20(32-23(16)19(9-15)31-4)21-17(12-30-22(21)24(25)26-14-27-30)11-29-7-5-6-18(13-29)28(2)3/h8-10,12,14,18H,5-7,11,13H2,1-4H3,(H2,25,26,27). The van der Waals surface area contributed by atoms with E-state index < -0.39 is 0 Å². The van der Waals surface area contributed by atoms with Crippen molar-refractivity contribution in [2.75, 3.05) is 40.0 Å². The first-order valence-corrected chi connectivity index (χ1v) is 11.8. The number of benzene rings is 1. The first-order valence-electron chi connectivity index (χ1n) is 11.0. The molecule has 1 fully saturated rings. The molecular formula is C24H30N6OS. The Morgan fingerprint density at radius 3 is 2.91 bits per heavy atom. The number of hydrogen-bond acceptors (Lipinski definition) is 7. The van der Waals surface area contributed by atoms with Gasteiger partial charge in [-0.25, -0.2) is 9.50 Å². The van der Waals surface area contributed by atoms with Crippen molar-refractivity contribution in [1.82, 2.24) is 24.4 Å². The molecule has 0 aliphatic carbocycles. The molecule has 1 aliphatic rings. The van der Waals surface area contributed by atoms with E-state index in [1.807, 2.05) is 4.52 Å². The summed E-state index contributed by atoms with van der Waals surface area (Å²) in [6, 6.07) is 7.14. The number of thiophene rings is 1. The van der Waals surface area contributed by atoms with Crippen LogP contribution >= 0.6 is 11.3 Å². The average molecular weight is 451 g/mol. The molecular weight excluding hydrogens is 420 g/mol. The molecule has 1 aliphatic heterocycles. The molecule has 0 radical (unpaired) electrons. The van der Waals surface area contributed by atoms with Crippen LogP contribution in [0.1, 0.15) is 24.0 Å². The van der Waals surface area contributed by atoms with Gasteiger partial charge in [-0.1, -0.05) is 6.07 Å². The topological polar surface area (TPSA) is 71.9 Å². The molecule has 4 aromatic rings. The van der Waals surface area contributed by atoms with Crippen LogP contribution in [-0.4, -0.2) is 64.7 Å². The van der Waals surface area contributed by atoms with Gasteiger partial charge in [0.25, 0.3) is 0 Å². The number of anilines is 1. The maximum Gasteiger partial charge on any atom is 0.152 e. The van der Waals surface area contributed by atoms with Gasteiger partial charge in [-0.05, 0) is 69.1 Å². The molecule has 1 saturated heterocycles. The summed E-state index contributed by atoms with van der Waals surface area (Å²) in [5, 5.41) is 5.65. The highest BCUT2D eigenvalue weighted by Crippen LogP contribution is 2.43. The maximum absolute atomic E-state index is 6.36. The molecule has 5 rings (SSSR count). The molecule has 1 unspecified atom stereocenters. The summed E-state index contributed by atoms with van der Waals surface area (Å²) in [6.07, 6.45) is 6.11. The highest BCUT2D eigenvalue weighted by atomic mass is 32.1. The van der Waals surface area contributed by atoms with E-state index in [-0.39, 0.29) is 0 Å². The van der Waals surface area contributed by atoms with Crippen LogP contribution in [-0.2, 0) is 6.54 Å². The van der Waals surface area contributed by atoms with Crippen LogP contribution in [0.4, 0.5) is 5.82 Å². The highest BCUT2D eigenvalue weighted by Gasteiger charge is 2.25. The lowest BCUT2D eigenvalue weighted by Gasteiger charge is -2.36. The number of piperidine rings is 1. The molecule has 8 heteroatoms. The van der Waals surface area contributed by atoms with Crippen LogP contribution < -0.4 is 10.5 Å². The van der Waals surface area contributed by atoms with Gasteiger partial charge in [0.1, 0.15) is 17.6 Å². The Bertz CT molecular complexity index is 1280. The van der Waals surface area contributed by atoms with Crippen molar-refractivity contribution in [3.63, 3.8) is 0 Å². The Balaban J connectivity index is 1.63. The van der Waals surface area contributed by atoms with Gasteiger partial charge in [0.05, 0.1) is 11.8 Å². The summed E-state index contributed by atoms with van der Waals surface area (Å²) < 4.78 is 8.71. The number of fused-ring (bicyclic) bond motifs is 2. The van der Waals surface area contributed by atoms with E-state index in [9.17, 15) is 0 Å². The Morgan fingerprint density at radius 2 is 2.12 bits per heavy atom. The summed E-state index contributed by atoms with van der Waals surface area (Å²) in [5.41, 5.74) is 10.8. The van der Waals surface area contributed by atoms with Gasteiger partial charge in [-0.15, -0.1) is 11.3 Å². The number of nitrogen functional groups attached to an aromatic ring is 1. The Morgan fingerprint density at radius 1 is 1.28 bits per heavy atom. The molecule has 1 aromatic carbocycles. The molecule has 3 aromatic heterocycles. The van der Waals surface area contributed by atoms with Crippen LogP contribution in [0.25, 0.3) is 26.0 Å². The zero-order valence-corrected chi connectivity index (χ0v) is 19.9. The number of nitrogens with two attached hydrogens (primary N) is 1. The Hall–Kier alpha value is -2.68. The third-order valence-electron chi connectivity index (χ3n) is 6.48. The molecule has 1 atom stereocenters. The third kappa shape index (κ3) is 3.72. The SMILES string of the molecule is COc1cc(C)cc2cc(-c3c(CN4CCCC(N(C)C)C4)cn4ncnc(N)c34)sc12. The van der Waals surface area contributed by atoms with Gasteiger partial charge in [0.15, 0.2) is 5.82 Å². The number of rotatable bonds is 5. The van der Waals surface area contributed by atoms with E-state index in [1.165, 1.54) is 40.6 Å².